The van der Waals surface area contributed by atoms with Crippen molar-refractivity contribution in [1.82, 2.24) is 0 Å². The van der Waals surface area contributed by atoms with E-state index in [2.05, 4.69) is 4.74 Å². The van der Waals surface area contributed by atoms with Crippen LogP contribution in [-0.2, 0) is 4.79 Å². The predicted octanol–water partition coefficient (Wildman–Crippen LogP) is 1.73. The molecule has 0 aliphatic heterocycles. The van der Waals surface area contributed by atoms with Crippen LogP contribution in [0, 0.1) is 5.82 Å². The van der Waals surface area contributed by atoms with Gasteiger partial charge in [-0.2, -0.15) is 0 Å². The number of carbonyl (C=O) groups is 1. The highest BCUT2D eigenvalue weighted by Gasteiger charge is 2.20. The van der Waals surface area contributed by atoms with Crippen molar-refractivity contribution in [3.63, 3.8) is 0 Å². The number of phenolic OH excluding ortho intramolecular Hbond substituents is 1. The summed E-state index contributed by atoms with van der Waals surface area (Å²) in [4.78, 5) is 10.7. The molecule has 1 aromatic carbocycles. The second-order valence-corrected chi connectivity index (χ2v) is 3.11. The lowest BCUT2D eigenvalue weighted by Gasteiger charge is -2.11. The molecule has 0 bridgehead atoms. The van der Waals surface area contributed by atoms with Crippen LogP contribution in [0.5, 0.6) is 11.5 Å². The summed E-state index contributed by atoms with van der Waals surface area (Å²) in [5, 5.41) is 18.2. The lowest BCUT2D eigenvalue weighted by Crippen LogP contribution is -2.08. The normalized spacial score (nSPS) is 12.2. The Morgan fingerprint density at radius 3 is 2.60 bits per heavy atom. The lowest BCUT2D eigenvalue weighted by molar-refractivity contribution is -0.138. The molecule has 0 aliphatic carbocycles. The molecule has 2 N–H and O–H groups in total. The third-order valence-electron chi connectivity index (χ3n) is 2.14. The molecular formula is C10H11FO4. The van der Waals surface area contributed by atoms with Crippen LogP contribution in [0.15, 0.2) is 12.1 Å². The van der Waals surface area contributed by atoms with E-state index in [1.807, 2.05) is 0 Å². The van der Waals surface area contributed by atoms with E-state index in [4.69, 9.17) is 5.11 Å². The van der Waals surface area contributed by atoms with Crippen molar-refractivity contribution in [3.8, 4) is 11.5 Å². The fourth-order valence-corrected chi connectivity index (χ4v) is 1.19. The van der Waals surface area contributed by atoms with Gasteiger partial charge in [-0.25, -0.2) is 4.39 Å². The van der Waals surface area contributed by atoms with Gasteiger partial charge in [-0.05, 0) is 13.0 Å². The molecule has 5 heteroatoms. The largest absolute Gasteiger partial charge is 0.508 e. The minimum atomic E-state index is -1.13. The highest BCUT2D eigenvalue weighted by Crippen LogP contribution is 2.31. The molecule has 0 saturated carbocycles. The number of methoxy groups -OCH3 is 1. The molecule has 1 unspecified atom stereocenters. The number of hydrogen-bond donors (Lipinski definition) is 2. The first-order valence-corrected chi connectivity index (χ1v) is 4.26. The van der Waals surface area contributed by atoms with Gasteiger partial charge in [-0.15, -0.1) is 0 Å². The third kappa shape index (κ3) is 2.18. The van der Waals surface area contributed by atoms with Crippen molar-refractivity contribution in [1.29, 1.82) is 0 Å². The molecule has 1 atom stereocenters. The van der Waals surface area contributed by atoms with Crippen LogP contribution in [0.25, 0.3) is 0 Å². The maximum Gasteiger partial charge on any atom is 0.310 e. The zero-order valence-electron chi connectivity index (χ0n) is 8.32. The summed E-state index contributed by atoms with van der Waals surface area (Å²) in [6.07, 6.45) is 0. The predicted molar refractivity (Wildman–Crippen MR) is 50.7 cm³/mol. The molecule has 0 aliphatic rings. The minimum Gasteiger partial charge on any atom is -0.508 e. The molecular weight excluding hydrogens is 203 g/mol. The second-order valence-electron chi connectivity index (χ2n) is 3.11. The monoisotopic (exact) mass is 214 g/mol. The summed E-state index contributed by atoms with van der Waals surface area (Å²) in [5.41, 5.74) is 0.0285. The number of carboxylic acids is 1. The summed E-state index contributed by atoms with van der Waals surface area (Å²) >= 11 is 0. The first kappa shape index (κ1) is 11.3. The number of phenols is 1. The Bertz CT molecular complexity index is 389. The van der Waals surface area contributed by atoms with Gasteiger partial charge in [0, 0.05) is 11.6 Å². The van der Waals surface area contributed by atoms with Crippen molar-refractivity contribution < 1.29 is 24.1 Å². The fraction of sp³-hybridized carbons (Fsp3) is 0.300. The molecule has 0 spiro atoms. The molecule has 15 heavy (non-hydrogen) atoms. The van der Waals surface area contributed by atoms with E-state index in [1.165, 1.54) is 14.0 Å². The topological polar surface area (TPSA) is 66.8 Å². The van der Waals surface area contributed by atoms with Crippen molar-refractivity contribution in [3.05, 3.63) is 23.5 Å². The van der Waals surface area contributed by atoms with E-state index >= 15 is 0 Å². The summed E-state index contributed by atoms with van der Waals surface area (Å²) < 4.78 is 17.9. The lowest BCUT2D eigenvalue weighted by atomic mass is 10.00. The summed E-state index contributed by atoms with van der Waals surface area (Å²) in [6.45, 7) is 1.36. The number of carboxylic acid groups (broad SMARTS) is 1. The quantitative estimate of drug-likeness (QED) is 0.804. The number of halogens is 1. The Morgan fingerprint density at radius 2 is 2.13 bits per heavy atom. The van der Waals surface area contributed by atoms with Gasteiger partial charge in [0.05, 0.1) is 13.0 Å². The van der Waals surface area contributed by atoms with E-state index in [9.17, 15) is 14.3 Å². The van der Waals surface area contributed by atoms with E-state index in [1.54, 1.807) is 0 Å². The van der Waals surface area contributed by atoms with Gasteiger partial charge in [-0.3, -0.25) is 4.79 Å². The van der Waals surface area contributed by atoms with Gasteiger partial charge in [-0.1, -0.05) is 0 Å². The molecule has 1 aromatic rings. The van der Waals surface area contributed by atoms with Crippen molar-refractivity contribution in [2.24, 2.45) is 0 Å². The van der Waals surface area contributed by atoms with E-state index < -0.39 is 17.7 Å². The molecule has 0 amide bonds. The SMILES string of the molecule is COc1cc(O)c(C(C)C(=O)O)cc1F. The van der Waals surface area contributed by atoms with E-state index in [-0.39, 0.29) is 17.1 Å². The molecule has 1 rings (SSSR count). The van der Waals surface area contributed by atoms with Gasteiger partial charge in [0.1, 0.15) is 5.75 Å². The smallest absolute Gasteiger partial charge is 0.310 e. The summed E-state index contributed by atoms with van der Waals surface area (Å²) in [7, 11) is 1.26. The first-order valence-electron chi connectivity index (χ1n) is 4.26. The Morgan fingerprint density at radius 1 is 1.53 bits per heavy atom. The summed E-state index contributed by atoms with van der Waals surface area (Å²) in [6, 6.07) is 2.02. The molecule has 0 radical (unpaired) electrons. The molecule has 0 saturated heterocycles. The van der Waals surface area contributed by atoms with Crippen LogP contribution in [0.4, 0.5) is 4.39 Å². The maximum atomic E-state index is 13.2. The van der Waals surface area contributed by atoms with Crippen LogP contribution in [-0.4, -0.2) is 23.3 Å². The number of aromatic hydroxyl groups is 1. The number of hydrogen-bond acceptors (Lipinski definition) is 3. The number of ether oxygens (including phenoxy) is 1. The van der Waals surface area contributed by atoms with Gasteiger partial charge in [0.25, 0.3) is 0 Å². The Kier molecular flexibility index (Phi) is 3.14. The van der Waals surface area contributed by atoms with Gasteiger partial charge in [0.15, 0.2) is 11.6 Å². The number of benzene rings is 1. The minimum absolute atomic E-state index is 0.0285. The van der Waals surface area contributed by atoms with Crippen LogP contribution < -0.4 is 4.74 Å². The number of aliphatic carboxylic acids is 1. The molecule has 82 valence electrons. The van der Waals surface area contributed by atoms with Gasteiger partial charge >= 0.3 is 5.97 Å². The van der Waals surface area contributed by atoms with E-state index in [0.717, 1.165) is 12.1 Å². The average Bonchev–Trinajstić information content (AvgIpc) is 2.19. The van der Waals surface area contributed by atoms with Gasteiger partial charge in [0.2, 0.25) is 0 Å². The van der Waals surface area contributed by atoms with E-state index in [0.29, 0.717) is 0 Å². The zero-order chi connectivity index (χ0) is 11.6. The highest BCUT2D eigenvalue weighted by atomic mass is 19.1. The maximum absolute atomic E-state index is 13.2. The summed E-state index contributed by atoms with van der Waals surface area (Å²) in [5.74, 6) is -3.20. The Labute approximate surface area is 85.9 Å². The Hall–Kier alpha value is -1.78. The Balaban J connectivity index is 3.21. The standard InChI is InChI=1S/C10H11FO4/c1-5(10(13)14)6-3-7(11)9(15-2)4-8(6)12/h3-5,12H,1-2H3,(H,13,14). The average molecular weight is 214 g/mol. The van der Waals surface area contributed by atoms with Crippen LogP contribution >= 0.6 is 0 Å². The molecule has 4 nitrogen and oxygen atoms in total. The zero-order valence-corrected chi connectivity index (χ0v) is 8.32. The number of rotatable bonds is 3. The molecule has 0 fully saturated rings. The molecule has 0 heterocycles. The van der Waals surface area contributed by atoms with Crippen molar-refractivity contribution >= 4 is 5.97 Å². The highest BCUT2D eigenvalue weighted by molar-refractivity contribution is 5.76. The second kappa shape index (κ2) is 4.16. The van der Waals surface area contributed by atoms with Crippen LogP contribution in [0.3, 0.4) is 0 Å². The molecule has 0 aromatic heterocycles. The third-order valence-corrected chi connectivity index (χ3v) is 2.14. The van der Waals surface area contributed by atoms with Crippen molar-refractivity contribution in [2.75, 3.05) is 7.11 Å². The van der Waals surface area contributed by atoms with Crippen molar-refractivity contribution in [2.45, 2.75) is 12.8 Å². The van der Waals surface area contributed by atoms with Crippen LogP contribution in [0.1, 0.15) is 18.4 Å². The fourth-order valence-electron chi connectivity index (χ4n) is 1.19. The van der Waals surface area contributed by atoms with Gasteiger partial charge < -0.3 is 14.9 Å². The first-order chi connectivity index (χ1) is 6.97. The van der Waals surface area contributed by atoms with Crippen LogP contribution in [0.2, 0.25) is 0 Å².